The molecule has 1 saturated carbocycles. The van der Waals surface area contributed by atoms with Crippen molar-refractivity contribution >= 4 is 0 Å². The number of hydrogen-bond donors (Lipinski definition) is 1. The van der Waals surface area contributed by atoms with E-state index in [2.05, 4.69) is 5.32 Å². The van der Waals surface area contributed by atoms with Gasteiger partial charge < -0.3 is 10.1 Å². The molecule has 1 N–H and O–H groups in total. The Morgan fingerprint density at radius 1 is 0.906 bits per heavy atom. The minimum absolute atomic E-state index is 0.202. The van der Waals surface area contributed by atoms with Gasteiger partial charge in [0.05, 0.1) is 11.2 Å². The lowest BCUT2D eigenvalue weighted by Gasteiger charge is -2.47. The molecule has 1 aliphatic carbocycles. The first-order valence-corrected chi connectivity index (χ1v) is 11.2. The molecule has 4 rings (SSSR count). The summed E-state index contributed by atoms with van der Waals surface area (Å²) in [5.74, 6) is -1.23. The molecule has 0 amide bonds. The van der Waals surface area contributed by atoms with Crippen LogP contribution in [0.4, 0.5) is 22.0 Å². The van der Waals surface area contributed by atoms with Crippen LogP contribution in [0.5, 0.6) is 0 Å². The van der Waals surface area contributed by atoms with Gasteiger partial charge in [0, 0.05) is 24.6 Å². The molecule has 32 heavy (non-hydrogen) atoms. The maximum absolute atomic E-state index is 13.4. The normalized spacial score (nSPS) is 23.0. The van der Waals surface area contributed by atoms with Crippen LogP contribution in [0, 0.1) is 11.6 Å². The fraction of sp³-hybridized carbons (Fsp3) is 0.520. The Labute approximate surface area is 185 Å². The second-order valence-electron chi connectivity index (χ2n) is 9.23. The van der Waals surface area contributed by atoms with Gasteiger partial charge in [0.1, 0.15) is 11.6 Å². The standard InChI is InChI=1S/C25H28F5NO/c26-21-13-18(14-22(27)15-21)16-31-11-9-23(10-12-32-24(17-23)7-1-2-8-24)19-3-5-20(6-4-19)25(28,29)30/h3-6,13-15,31H,1-2,7-12,16-17H2/t23-/m0/s1. The first-order valence-electron chi connectivity index (χ1n) is 11.2. The predicted molar refractivity (Wildman–Crippen MR) is 112 cm³/mol. The molecule has 7 heteroatoms. The van der Waals surface area contributed by atoms with Gasteiger partial charge in [-0.1, -0.05) is 25.0 Å². The van der Waals surface area contributed by atoms with E-state index in [1.807, 2.05) is 0 Å². The molecule has 0 aromatic heterocycles. The van der Waals surface area contributed by atoms with Gasteiger partial charge in [0.15, 0.2) is 0 Å². The minimum atomic E-state index is -4.37. The van der Waals surface area contributed by atoms with Crippen LogP contribution in [0.2, 0.25) is 0 Å². The Bertz CT molecular complexity index is 901. The molecule has 0 radical (unpaired) electrons. The zero-order chi connectivity index (χ0) is 22.8. The average molecular weight is 453 g/mol. The van der Waals surface area contributed by atoms with E-state index in [4.69, 9.17) is 4.74 Å². The summed E-state index contributed by atoms with van der Waals surface area (Å²) in [7, 11) is 0. The van der Waals surface area contributed by atoms with Crippen LogP contribution in [0.25, 0.3) is 0 Å². The molecule has 2 aromatic carbocycles. The Morgan fingerprint density at radius 3 is 2.19 bits per heavy atom. The molecule has 2 nitrogen and oxygen atoms in total. The van der Waals surface area contributed by atoms with Gasteiger partial charge in [-0.3, -0.25) is 0 Å². The molecule has 1 heterocycles. The van der Waals surface area contributed by atoms with E-state index in [-0.39, 0.29) is 11.0 Å². The lowest BCUT2D eigenvalue weighted by molar-refractivity contribution is -0.137. The summed E-state index contributed by atoms with van der Waals surface area (Å²) in [6.07, 6.45) is 2.02. The third kappa shape index (κ3) is 5.15. The lowest BCUT2D eigenvalue weighted by Crippen LogP contribution is -2.47. The number of nitrogens with one attached hydrogen (secondary N) is 1. The summed E-state index contributed by atoms with van der Waals surface area (Å²) >= 11 is 0. The maximum Gasteiger partial charge on any atom is 0.416 e. The number of rotatable bonds is 6. The van der Waals surface area contributed by atoms with Crippen LogP contribution in [0.1, 0.15) is 61.6 Å². The van der Waals surface area contributed by atoms with Crippen LogP contribution in [0.3, 0.4) is 0 Å². The van der Waals surface area contributed by atoms with Crippen molar-refractivity contribution in [2.24, 2.45) is 0 Å². The highest BCUT2D eigenvalue weighted by molar-refractivity contribution is 5.32. The van der Waals surface area contributed by atoms with Gasteiger partial charge in [-0.05, 0) is 74.0 Å². The summed E-state index contributed by atoms with van der Waals surface area (Å²) in [4.78, 5) is 0. The number of alkyl halides is 3. The molecule has 2 aromatic rings. The molecule has 0 unspecified atom stereocenters. The van der Waals surface area contributed by atoms with Crippen LogP contribution in [-0.4, -0.2) is 18.8 Å². The third-order valence-corrected chi connectivity index (χ3v) is 7.02. The molecule has 1 spiro atoms. The quantitative estimate of drug-likeness (QED) is 0.397. The molecule has 1 aliphatic heterocycles. The van der Waals surface area contributed by atoms with E-state index in [9.17, 15) is 22.0 Å². The Kier molecular flexibility index (Phi) is 6.59. The predicted octanol–water partition coefficient (Wildman–Crippen LogP) is 6.52. The molecule has 2 aliphatic rings. The van der Waals surface area contributed by atoms with Gasteiger partial charge in [0.25, 0.3) is 0 Å². The highest BCUT2D eigenvalue weighted by Crippen LogP contribution is 2.50. The second-order valence-corrected chi connectivity index (χ2v) is 9.23. The van der Waals surface area contributed by atoms with Crippen molar-refractivity contribution in [3.8, 4) is 0 Å². The van der Waals surface area contributed by atoms with E-state index < -0.39 is 23.4 Å². The fourth-order valence-corrected chi connectivity index (χ4v) is 5.45. The number of halogens is 5. The lowest BCUT2D eigenvalue weighted by atomic mass is 9.66. The molecule has 0 bridgehead atoms. The van der Waals surface area contributed by atoms with Crippen molar-refractivity contribution in [2.75, 3.05) is 13.2 Å². The van der Waals surface area contributed by atoms with Crippen molar-refractivity contribution in [1.29, 1.82) is 0 Å². The van der Waals surface area contributed by atoms with E-state index in [0.29, 0.717) is 31.7 Å². The van der Waals surface area contributed by atoms with Gasteiger partial charge in [-0.15, -0.1) is 0 Å². The largest absolute Gasteiger partial charge is 0.416 e. The Hall–Kier alpha value is -1.99. The van der Waals surface area contributed by atoms with Crippen molar-refractivity contribution in [1.82, 2.24) is 5.32 Å². The second kappa shape index (κ2) is 9.10. The van der Waals surface area contributed by atoms with Crippen LogP contribution in [0.15, 0.2) is 42.5 Å². The monoisotopic (exact) mass is 453 g/mol. The average Bonchev–Trinajstić information content (AvgIpc) is 3.17. The van der Waals surface area contributed by atoms with Gasteiger partial charge in [0.2, 0.25) is 0 Å². The highest BCUT2D eigenvalue weighted by atomic mass is 19.4. The van der Waals surface area contributed by atoms with Gasteiger partial charge >= 0.3 is 6.18 Å². The smallest absolute Gasteiger partial charge is 0.375 e. The molecule has 2 fully saturated rings. The van der Waals surface area contributed by atoms with Crippen molar-refractivity contribution < 1.29 is 26.7 Å². The molecular weight excluding hydrogens is 425 g/mol. The van der Waals surface area contributed by atoms with E-state index in [0.717, 1.165) is 62.3 Å². The zero-order valence-electron chi connectivity index (χ0n) is 17.9. The number of ether oxygens (including phenoxy) is 1. The Balaban J connectivity index is 1.51. The summed E-state index contributed by atoms with van der Waals surface area (Å²) in [6, 6.07) is 8.98. The van der Waals surface area contributed by atoms with E-state index in [1.54, 1.807) is 12.1 Å². The third-order valence-electron chi connectivity index (χ3n) is 7.02. The SMILES string of the molecule is Fc1cc(F)cc(CNCC[C@]2(c3ccc(C(F)(F)F)cc3)CCOC3(CCCC3)C2)c1. The molecule has 1 saturated heterocycles. The summed E-state index contributed by atoms with van der Waals surface area (Å²) in [5.41, 5.74) is 0.272. The number of hydrogen-bond acceptors (Lipinski definition) is 2. The number of benzene rings is 2. The first-order chi connectivity index (χ1) is 15.2. The van der Waals surface area contributed by atoms with Gasteiger partial charge in [-0.2, -0.15) is 13.2 Å². The van der Waals surface area contributed by atoms with Crippen LogP contribution < -0.4 is 5.32 Å². The maximum atomic E-state index is 13.4. The Morgan fingerprint density at radius 2 is 1.56 bits per heavy atom. The molecule has 1 atom stereocenters. The van der Waals surface area contributed by atoms with Crippen LogP contribution in [-0.2, 0) is 22.9 Å². The van der Waals surface area contributed by atoms with Crippen LogP contribution >= 0.6 is 0 Å². The molecular formula is C25H28F5NO. The van der Waals surface area contributed by atoms with E-state index in [1.165, 1.54) is 12.1 Å². The molecule has 174 valence electrons. The zero-order valence-corrected chi connectivity index (χ0v) is 17.9. The summed E-state index contributed by atoms with van der Waals surface area (Å²) < 4.78 is 72.3. The first kappa shape index (κ1) is 23.2. The van der Waals surface area contributed by atoms with Crippen molar-refractivity contribution in [3.05, 3.63) is 70.8 Å². The highest BCUT2D eigenvalue weighted by Gasteiger charge is 2.47. The van der Waals surface area contributed by atoms with E-state index >= 15 is 0 Å². The van der Waals surface area contributed by atoms with Crippen molar-refractivity contribution in [2.45, 2.75) is 68.7 Å². The van der Waals surface area contributed by atoms with Gasteiger partial charge in [-0.25, -0.2) is 8.78 Å². The summed E-state index contributed by atoms with van der Waals surface area (Å²) in [5, 5.41) is 3.26. The van der Waals surface area contributed by atoms with Crippen molar-refractivity contribution in [3.63, 3.8) is 0 Å². The fourth-order valence-electron chi connectivity index (χ4n) is 5.45. The topological polar surface area (TPSA) is 21.3 Å². The summed E-state index contributed by atoms with van der Waals surface area (Å²) in [6.45, 7) is 1.48. The minimum Gasteiger partial charge on any atom is -0.375 e.